The van der Waals surface area contributed by atoms with Crippen LogP contribution < -0.4 is 15.5 Å². The van der Waals surface area contributed by atoms with Gasteiger partial charge in [-0.2, -0.15) is 0 Å². The number of urea groups is 1. The number of benzene rings is 2. The molecular weight excluding hydrogens is 378 g/mol. The van der Waals surface area contributed by atoms with Crippen LogP contribution in [0.5, 0.6) is 0 Å². The van der Waals surface area contributed by atoms with Crippen molar-refractivity contribution in [3.8, 4) is 0 Å². The molecule has 0 spiro atoms. The summed E-state index contributed by atoms with van der Waals surface area (Å²) in [6, 6.07) is 13.3. The van der Waals surface area contributed by atoms with Crippen molar-refractivity contribution >= 4 is 34.3 Å². The summed E-state index contributed by atoms with van der Waals surface area (Å²) in [4.78, 5) is 14.6. The van der Waals surface area contributed by atoms with Crippen LogP contribution in [-0.2, 0) is 17.8 Å². The number of nitrogens with one attached hydrogen (secondary N) is 2. The van der Waals surface area contributed by atoms with Crippen LogP contribution in [0.25, 0.3) is 11.0 Å². The average Bonchev–Trinajstić information content (AvgIpc) is 3.21. The monoisotopic (exact) mass is 399 g/mol. The number of fused-ring (bicyclic) bond motifs is 1. The number of amides is 2. The average molecular weight is 400 g/mol. The standard InChI is InChI=1S/C21H22ClN3O3/c22-17-4-5-19(25-7-10-27-11-8-25)16(12-17)14-24-21(26)23-13-15-2-1-3-20-18(15)6-9-28-20/h1-6,9,12H,7-8,10-11,13-14H2,(H2,23,24,26). The molecule has 0 unspecified atom stereocenters. The summed E-state index contributed by atoms with van der Waals surface area (Å²) in [5.74, 6) is 0. The Morgan fingerprint density at radius 1 is 1.04 bits per heavy atom. The minimum atomic E-state index is -0.228. The van der Waals surface area contributed by atoms with Crippen molar-refractivity contribution in [3.63, 3.8) is 0 Å². The Bertz CT molecular complexity index is 966. The molecule has 2 heterocycles. The molecule has 2 amide bonds. The lowest BCUT2D eigenvalue weighted by atomic mass is 10.1. The number of halogens is 1. The normalized spacial score (nSPS) is 14.2. The molecule has 0 bridgehead atoms. The van der Waals surface area contributed by atoms with E-state index in [1.807, 2.05) is 42.5 Å². The fourth-order valence-corrected chi connectivity index (χ4v) is 3.63. The number of ether oxygens (including phenoxy) is 1. The number of morpholine rings is 1. The first-order chi connectivity index (χ1) is 13.7. The predicted molar refractivity (Wildman–Crippen MR) is 110 cm³/mol. The molecule has 2 aromatic carbocycles. The number of carbonyl (C=O) groups is 1. The number of anilines is 1. The van der Waals surface area contributed by atoms with Gasteiger partial charge in [-0.15, -0.1) is 0 Å². The van der Waals surface area contributed by atoms with Crippen molar-refractivity contribution in [3.05, 3.63) is 64.9 Å². The summed E-state index contributed by atoms with van der Waals surface area (Å²) in [7, 11) is 0. The lowest BCUT2D eigenvalue weighted by Gasteiger charge is -2.30. The Balaban J connectivity index is 1.38. The number of furan rings is 1. The van der Waals surface area contributed by atoms with Gasteiger partial charge in [-0.1, -0.05) is 23.7 Å². The molecule has 0 radical (unpaired) electrons. The highest BCUT2D eigenvalue weighted by Crippen LogP contribution is 2.25. The zero-order valence-corrected chi connectivity index (χ0v) is 16.2. The minimum Gasteiger partial charge on any atom is -0.464 e. The van der Waals surface area contributed by atoms with Gasteiger partial charge in [-0.25, -0.2) is 4.79 Å². The molecule has 1 saturated heterocycles. The van der Waals surface area contributed by atoms with Crippen LogP contribution in [0.3, 0.4) is 0 Å². The maximum absolute atomic E-state index is 12.3. The molecule has 146 valence electrons. The van der Waals surface area contributed by atoms with E-state index in [9.17, 15) is 4.79 Å². The van der Waals surface area contributed by atoms with Crippen LogP contribution in [0.2, 0.25) is 5.02 Å². The molecule has 1 aromatic heterocycles. The van der Waals surface area contributed by atoms with E-state index >= 15 is 0 Å². The topological polar surface area (TPSA) is 66.7 Å². The van der Waals surface area contributed by atoms with E-state index in [0.717, 1.165) is 40.9 Å². The molecule has 0 saturated carbocycles. The zero-order valence-electron chi connectivity index (χ0n) is 15.4. The molecule has 1 aliphatic rings. The van der Waals surface area contributed by atoms with E-state index in [0.29, 0.717) is 31.3 Å². The van der Waals surface area contributed by atoms with E-state index in [-0.39, 0.29) is 6.03 Å². The van der Waals surface area contributed by atoms with Crippen molar-refractivity contribution in [2.45, 2.75) is 13.1 Å². The lowest BCUT2D eigenvalue weighted by Crippen LogP contribution is -2.38. The van der Waals surface area contributed by atoms with Gasteiger partial charge in [0.25, 0.3) is 0 Å². The molecule has 0 atom stereocenters. The Labute approximate surface area is 168 Å². The molecule has 2 N–H and O–H groups in total. The van der Waals surface area contributed by atoms with Crippen LogP contribution in [0.1, 0.15) is 11.1 Å². The fraction of sp³-hybridized carbons (Fsp3) is 0.286. The van der Waals surface area contributed by atoms with E-state index < -0.39 is 0 Å². The van der Waals surface area contributed by atoms with Crippen molar-refractivity contribution in [2.24, 2.45) is 0 Å². The van der Waals surface area contributed by atoms with Crippen molar-refractivity contribution in [1.82, 2.24) is 10.6 Å². The molecule has 6 nitrogen and oxygen atoms in total. The molecule has 7 heteroatoms. The van der Waals surface area contributed by atoms with Crippen LogP contribution >= 0.6 is 11.6 Å². The van der Waals surface area contributed by atoms with Gasteiger partial charge in [0, 0.05) is 42.3 Å². The summed E-state index contributed by atoms with van der Waals surface area (Å²) in [6.45, 7) is 3.89. The molecular formula is C21H22ClN3O3. The molecule has 1 aliphatic heterocycles. The SMILES string of the molecule is O=C(NCc1cc(Cl)ccc1N1CCOCC1)NCc1cccc2occc12. The van der Waals surface area contributed by atoms with Gasteiger partial charge >= 0.3 is 6.03 Å². The van der Waals surface area contributed by atoms with Crippen molar-refractivity contribution in [2.75, 3.05) is 31.2 Å². The number of nitrogens with zero attached hydrogens (tertiary/aromatic N) is 1. The van der Waals surface area contributed by atoms with Crippen LogP contribution in [0, 0.1) is 0 Å². The smallest absolute Gasteiger partial charge is 0.315 e. The van der Waals surface area contributed by atoms with Crippen LogP contribution in [0.15, 0.2) is 53.1 Å². The van der Waals surface area contributed by atoms with Crippen molar-refractivity contribution < 1.29 is 13.9 Å². The predicted octanol–water partition coefficient (Wildman–Crippen LogP) is 3.92. The Morgan fingerprint density at radius 3 is 2.64 bits per heavy atom. The summed E-state index contributed by atoms with van der Waals surface area (Å²) in [5.41, 5.74) is 3.89. The highest BCUT2D eigenvalue weighted by molar-refractivity contribution is 6.30. The second-order valence-electron chi connectivity index (χ2n) is 6.66. The first-order valence-electron chi connectivity index (χ1n) is 9.28. The maximum Gasteiger partial charge on any atom is 0.315 e. The van der Waals surface area contributed by atoms with Crippen LogP contribution in [-0.4, -0.2) is 32.3 Å². The second kappa shape index (κ2) is 8.54. The summed E-state index contributed by atoms with van der Waals surface area (Å²) in [6.07, 6.45) is 1.65. The lowest BCUT2D eigenvalue weighted by molar-refractivity contribution is 0.122. The minimum absolute atomic E-state index is 0.228. The van der Waals surface area contributed by atoms with Gasteiger partial charge in [0.1, 0.15) is 5.58 Å². The quantitative estimate of drug-likeness (QED) is 0.682. The molecule has 28 heavy (non-hydrogen) atoms. The van der Waals surface area contributed by atoms with Gasteiger partial charge in [0.15, 0.2) is 0 Å². The highest BCUT2D eigenvalue weighted by Gasteiger charge is 2.15. The largest absolute Gasteiger partial charge is 0.464 e. The third-order valence-electron chi connectivity index (χ3n) is 4.86. The van der Waals surface area contributed by atoms with Gasteiger partial charge in [0.2, 0.25) is 0 Å². The number of hydrogen-bond acceptors (Lipinski definition) is 4. The summed E-state index contributed by atoms with van der Waals surface area (Å²) in [5, 5.41) is 7.49. The number of rotatable bonds is 5. The molecule has 0 aliphatic carbocycles. The first kappa shape index (κ1) is 18.7. The fourth-order valence-electron chi connectivity index (χ4n) is 3.43. The number of carbonyl (C=O) groups excluding carboxylic acids is 1. The second-order valence-corrected chi connectivity index (χ2v) is 7.09. The third kappa shape index (κ3) is 4.24. The van der Waals surface area contributed by atoms with E-state index in [4.69, 9.17) is 20.8 Å². The number of hydrogen-bond donors (Lipinski definition) is 2. The molecule has 3 aromatic rings. The first-order valence-corrected chi connectivity index (χ1v) is 9.66. The van der Waals surface area contributed by atoms with Crippen LogP contribution in [0.4, 0.5) is 10.5 Å². The summed E-state index contributed by atoms with van der Waals surface area (Å²) >= 11 is 6.18. The maximum atomic E-state index is 12.3. The Kier molecular flexibility index (Phi) is 5.69. The Morgan fingerprint density at radius 2 is 1.82 bits per heavy atom. The third-order valence-corrected chi connectivity index (χ3v) is 5.09. The molecule has 1 fully saturated rings. The van der Waals surface area contributed by atoms with Gasteiger partial charge in [-0.3, -0.25) is 0 Å². The summed E-state index contributed by atoms with van der Waals surface area (Å²) < 4.78 is 10.8. The molecule has 4 rings (SSSR count). The van der Waals surface area contributed by atoms with E-state index in [1.54, 1.807) is 6.26 Å². The van der Waals surface area contributed by atoms with Gasteiger partial charge in [0.05, 0.1) is 19.5 Å². The van der Waals surface area contributed by atoms with Gasteiger partial charge in [-0.05, 0) is 41.5 Å². The van der Waals surface area contributed by atoms with E-state index in [1.165, 1.54) is 0 Å². The van der Waals surface area contributed by atoms with Gasteiger partial charge < -0.3 is 24.7 Å². The van der Waals surface area contributed by atoms with E-state index in [2.05, 4.69) is 15.5 Å². The Hall–Kier alpha value is -2.70. The highest BCUT2D eigenvalue weighted by atomic mass is 35.5. The van der Waals surface area contributed by atoms with Crippen molar-refractivity contribution in [1.29, 1.82) is 0 Å². The zero-order chi connectivity index (χ0) is 19.3.